The van der Waals surface area contributed by atoms with Gasteiger partial charge in [-0.3, -0.25) is 4.79 Å². The Balaban J connectivity index is 1.16. The van der Waals surface area contributed by atoms with Gasteiger partial charge in [0, 0.05) is 20.1 Å². The van der Waals surface area contributed by atoms with Crippen molar-refractivity contribution in [2.75, 3.05) is 24.4 Å². The monoisotopic (exact) mass is 619 g/mol. The van der Waals surface area contributed by atoms with Crippen LogP contribution in [0.3, 0.4) is 0 Å². The van der Waals surface area contributed by atoms with E-state index in [1.807, 2.05) is 60.7 Å². The van der Waals surface area contributed by atoms with Crippen molar-refractivity contribution in [1.82, 2.24) is 25.7 Å². The molecule has 0 spiro atoms. The quantitative estimate of drug-likeness (QED) is 0.104. The third kappa shape index (κ3) is 10.4. The van der Waals surface area contributed by atoms with E-state index in [4.69, 9.17) is 9.47 Å². The first-order valence-corrected chi connectivity index (χ1v) is 15.2. The number of amides is 2. The van der Waals surface area contributed by atoms with Gasteiger partial charge in [0.15, 0.2) is 12.0 Å². The summed E-state index contributed by atoms with van der Waals surface area (Å²) in [6, 6.07) is 20.5. The molecule has 2 unspecified atom stereocenters. The Kier molecular flexibility index (Phi) is 12.5. The number of nitrogens with one attached hydrogen (secondary N) is 3. The standard InChI is InChI=1S/C31H37N7O5S/c1-3-43-31(41)32-20-22-11-9-10-21(18-22)19-26(39)33-25-17-16-24(35-36-25)14-7-8-15-27-37-38-30(44-27)34-29(40)28(42-2)23-12-5-4-6-13-23/h4-6,9-13,16-18,28-29,40H,3,7-8,14-15,19-20H2,1-2H3,(H,32,41)(H,34,38)(H,33,36,39). The van der Waals surface area contributed by atoms with Gasteiger partial charge in [-0.05, 0) is 55.0 Å². The van der Waals surface area contributed by atoms with Gasteiger partial charge in [0.25, 0.3) is 0 Å². The molecule has 232 valence electrons. The minimum atomic E-state index is -0.965. The lowest BCUT2D eigenvalue weighted by atomic mass is 10.1. The number of aliphatic hydroxyl groups is 1. The summed E-state index contributed by atoms with van der Waals surface area (Å²) in [5.41, 5.74) is 3.38. The zero-order chi connectivity index (χ0) is 31.1. The number of anilines is 2. The van der Waals surface area contributed by atoms with Crippen LogP contribution in [0.15, 0.2) is 66.7 Å². The molecule has 44 heavy (non-hydrogen) atoms. The fourth-order valence-corrected chi connectivity index (χ4v) is 5.24. The Morgan fingerprint density at radius 2 is 1.73 bits per heavy atom. The predicted octanol–water partition coefficient (Wildman–Crippen LogP) is 4.44. The SMILES string of the molecule is CCOC(=O)NCc1cccc(CC(=O)Nc2ccc(CCCCc3nnc(NC(O)C(OC)c4ccccc4)s3)nn2)c1. The minimum Gasteiger partial charge on any atom is -0.450 e. The van der Waals surface area contributed by atoms with Crippen LogP contribution < -0.4 is 16.0 Å². The zero-order valence-corrected chi connectivity index (χ0v) is 25.5. The second-order valence-corrected chi connectivity index (χ2v) is 11.0. The Morgan fingerprint density at radius 1 is 0.932 bits per heavy atom. The zero-order valence-electron chi connectivity index (χ0n) is 24.7. The first-order valence-electron chi connectivity index (χ1n) is 14.4. The van der Waals surface area contributed by atoms with Gasteiger partial charge in [0.1, 0.15) is 11.1 Å². The van der Waals surface area contributed by atoms with Crippen LogP contribution in [0.1, 0.15) is 53.3 Å². The summed E-state index contributed by atoms with van der Waals surface area (Å²) in [5.74, 6) is 0.178. The van der Waals surface area contributed by atoms with E-state index in [1.165, 1.54) is 11.3 Å². The van der Waals surface area contributed by atoms with Crippen molar-refractivity contribution in [3.63, 3.8) is 0 Å². The van der Waals surface area contributed by atoms with Gasteiger partial charge in [-0.25, -0.2) is 4.79 Å². The lowest BCUT2D eigenvalue weighted by molar-refractivity contribution is -0.115. The average molecular weight is 620 g/mol. The first-order chi connectivity index (χ1) is 21.4. The number of aryl methyl sites for hydroxylation is 2. The third-order valence-corrected chi connectivity index (χ3v) is 7.45. The molecule has 13 heteroatoms. The molecule has 2 heterocycles. The van der Waals surface area contributed by atoms with Crippen molar-refractivity contribution in [1.29, 1.82) is 0 Å². The van der Waals surface area contributed by atoms with Crippen LogP contribution in [-0.4, -0.2) is 57.4 Å². The summed E-state index contributed by atoms with van der Waals surface area (Å²) < 4.78 is 10.3. The highest BCUT2D eigenvalue weighted by Gasteiger charge is 2.22. The molecule has 2 amide bonds. The highest BCUT2D eigenvalue weighted by atomic mass is 32.1. The van der Waals surface area contributed by atoms with Crippen molar-refractivity contribution in [3.05, 3.63) is 94.1 Å². The van der Waals surface area contributed by atoms with Gasteiger partial charge in [0.05, 0.1) is 18.7 Å². The van der Waals surface area contributed by atoms with Crippen molar-refractivity contribution in [2.45, 2.75) is 57.9 Å². The van der Waals surface area contributed by atoms with Crippen LogP contribution in [0.4, 0.5) is 15.7 Å². The maximum absolute atomic E-state index is 12.5. The van der Waals surface area contributed by atoms with Crippen molar-refractivity contribution >= 4 is 34.3 Å². The Morgan fingerprint density at radius 3 is 2.48 bits per heavy atom. The number of benzene rings is 2. The van der Waals surface area contributed by atoms with Crippen LogP contribution in [0.25, 0.3) is 0 Å². The van der Waals surface area contributed by atoms with Crippen LogP contribution in [-0.2, 0) is 40.1 Å². The molecule has 0 fully saturated rings. The number of carbonyl (C=O) groups excluding carboxylic acids is 2. The Bertz CT molecular complexity index is 1470. The molecule has 0 aliphatic rings. The first kappa shape index (κ1) is 32.5. The second-order valence-electron chi connectivity index (χ2n) is 9.89. The number of methoxy groups -OCH3 is 1. The molecule has 2 aromatic heterocycles. The lowest BCUT2D eigenvalue weighted by Gasteiger charge is -2.22. The fraction of sp³-hybridized carbons (Fsp3) is 0.355. The summed E-state index contributed by atoms with van der Waals surface area (Å²) in [7, 11) is 1.56. The maximum atomic E-state index is 12.5. The van der Waals surface area contributed by atoms with Crippen LogP contribution >= 0.6 is 11.3 Å². The van der Waals surface area contributed by atoms with E-state index in [2.05, 4.69) is 36.3 Å². The number of hydrogen-bond acceptors (Lipinski definition) is 11. The van der Waals surface area contributed by atoms with Crippen molar-refractivity contribution < 1.29 is 24.2 Å². The highest BCUT2D eigenvalue weighted by Crippen LogP contribution is 2.24. The minimum absolute atomic E-state index is 0.165. The topological polar surface area (TPSA) is 160 Å². The van der Waals surface area contributed by atoms with E-state index in [1.54, 1.807) is 20.1 Å². The molecule has 0 aliphatic carbocycles. The molecule has 2 aromatic carbocycles. The van der Waals surface area contributed by atoms with Crippen LogP contribution in [0, 0.1) is 0 Å². The molecule has 0 bridgehead atoms. The van der Waals surface area contributed by atoms with Gasteiger partial charge < -0.3 is 30.5 Å². The van der Waals surface area contributed by atoms with E-state index in [-0.39, 0.29) is 12.3 Å². The Labute approximate surface area is 260 Å². The molecule has 4 rings (SSSR count). The number of aliphatic hydroxyl groups excluding tert-OH is 1. The number of nitrogens with zero attached hydrogens (tertiary/aromatic N) is 4. The smallest absolute Gasteiger partial charge is 0.407 e. The highest BCUT2D eigenvalue weighted by molar-refractivity contribution is 7.15. The van der Waals surface area contributed by atoms with Gasteiger partial charge in [-0.1, -0.05) is 65.9 Å². The number of hydrogen-bond donors (Lipinski definition) is 4. The van der Waals surface area contributed by atoms with Crippen molar-refractivity contribution in [2.24, 2.45) is 0 Å². The van der Waals surface area contributed by atoms with E-state index in [0.717, 1.165) is 53.1 Å². The molecule has 0 radical (unpaired) electrons. The molecular formula is C31H37N7O5S. The number of ether oxygens (including phenoxy) is 2. The number of aromatic nitrogens is 4. The molecule has 0 saturated carbocycles. The Hall–Kier alpha value is -4.46. The van der Waals surface area contributed by atoms with Crippen LogP contribution in [0.5, 0.6) is 0 Å². The molecule has 0 saturated heterocycles. The number of carbonyl (C=O) groups is 2. The van der Waals surface area contributed by atoms with Crippen molar-refractivity contribution in [3.8, 4) is 0 Å². The predicted molar refractivity (Wildman–Crippen MR) is 167 cm³/mol. The molecule has 2 atom stereocenters. The molecule has 4 aromatic rings. The summed E-state index contributed by atoms with van der Waals surface area (Å²) in [6.45, 7) is 2.36. The largest absolute Gasteiger partial charge is 0.450 e. The third-order valence-electron chi connectivity index (χ3n) is 6.54. The van der Waals surface area contributed by atoms with Gasteiger partial charge in [0.2, 0.25) is 11.0 Å². The summed E-state index contributed by atoms with van der Waals surface area (Å²) in [5, 5.41) is 37.2. The van der Waals surface area contributed by atoms with E-state index in [9.17, 15) is 14.7 Å². The van der Waals surface area contributed by atoms with E-state index in [0.29, 0.717) is 24.1 Å². The molecule has 12 nitrogen and oxygen atoms in total. The van der Waals surface area contributed by atoms with E-state index < -0.39 is 18.4 Å². The fourth-order valence-electron chi connectivity index (χ4n) is 4.43. The number of alkyl carbamates (subject to hydrolysis) is 1. The molecule has 0 aliphatic heterocycles. The van der Waals surface area contributed by atoms with Gasteiger partial charge in [-0.2, -0.15) is 5.10 Å². The number of unbranched alkanes of at least 4 members (excludes halogenated alkanes) is 1. The second kappa shape index (κ2) is 17.0. The number of rotatable bonds is 16. The summed E-state index contributed by atoms with van der Waals surface area (Å²) >= 11 is 1.41. The normalized spacial score (nSPS) is 12.2. The lowest BCUT2D eigenvalue weighted by Crippen LogP contribution is -2.28. The summed E-state index contributed by atoms with van der Waals surface area (Å²) in [6.07, 6.45) is 1.45. The molecular weight excluding hydrogens is 582 g/mol. The summed E-state index contributed by atoms with van der Waals surface area (Å²) in [4.78, 5) is 24.0. The average Bonchev–Trinajstić information content (AvgIpc) is 3.47. The van der Waals surface area contributed by atoms with E-state index >= 15 is 0 Å². The van der Waals surface area contributed by atoms with Gasteiger partial charge in [-0.15, -0.1) is 15.3 Å². The van der Waals surface area contributed by atoms with Crippen LogP contribution in [0.2, 0.25) is 0 Å². The van der Waals surface area contributed by atoms with Gasteiger partial charge >= 0.3 is 6.09 Å². The molecule has 4 N–H and O–H groups in total. The maximum Gasteiger partial charge on any atom is 0.407 e.